The highest BCUT2D eigenvalue weighted by atomic mass is 16.6. The van der Waals surface area contributed by atoms with Gasteiger partial charge in [0.15, 0.2) is 0 Å². The topological polar surface area (TPSA) is 81.9 Å². The van der Waals surface area contributed by atoms with Crippen molar-refractivity contribution in [3.63, 3.8) is 0 Å². The standard InChI is InChI=1S/C17H18N2O5/c1-18(2)16-9-8-13(19(21)22)12-15(16)17(20)24-11-10-23-14-6-4-3-5-7-14/h3-9,12H,10-11H2,1-2H3. The van der Waals surface area contributed by atoms with E-state index in [2.05, 4.69) is 0 Å². The summed E-state index contributed by atoms with van der Waals surface area (Å²) in [4.78, 5) is 24.3. The Bertz CT molecular complexity index is 716. The summed E-state index contributed by atoms with van der Waals surface area (Å²) in [6.07, 6.45) is 0. The number of nitro benzene ring substituents is 1. The minimum atomic E-state index is -0.626. The van der Waals surface area contributed by atoms with Crippen LogP contribution in [0, 0.1) is 10.1 Å². The van der Waals surface area contributed by atoms with Gasteiger partial charge < -0.3 is 14.4 Å². The van der Waals surface area contributed by atoms with Gasteiger partial charge >= 0.3 is 5.97 Å². The average molecular weight is 330 g/mol. The van der Waals surface area contributed by atoms with Crippen LogP contribution in [0.3, 0.4) is 0 Å². The molecule has 0 saturated heterocycles. The van der Waals surface area contributed by atoms with E-state index in [4.69, 9.17) is 9.47 Å². The lowest BCUT2D eigenvalue weighted by Crippen LogP contribution is -2.17. The fourth-order valence-electron chi connectivity index (χ4n) is 2.08. The number of ether oxygens (including phenoxy) is 2. The maximum Gasteiger partial charge on any atom is 0.340 e. The lowest BCUT2D eigenvalue weighted by molar-refractivity contribution is -0.384. The maximum atomic E-state index is 12.2. The summed E-state index contributed by atoms with van der Waals surface area (Å²) >= 11 is 0. The number of nitro groups is 1. The number of hydrogen-bond donors (Lipinski definition) is 0. The van der Waals surface area contributed by atoms with E-state index in [0.29, 0.717) is 11.4 Å². The van der Waals surface area contributed by atoms with Gasteiger partial charge in [0.1, 0.15) is 19.0 Å². The molecule has 0 unspecified atom stereocenters. The molecule has 0 amide bonds. The molecule has 0 radical (unpaired) electrons. The summed E-state index contributed by atoms with van der Waals surface area (Å²) in [6, 6.07) is 13.2. The molecule has 0 fully saturated rings. The third-order valence-electron chi connectivity index (χ3n) is 3.22. The molecule has 0 saturated carbocycles. The molecule has 0 N–H and O–H groups in total. The molecule has 0 aromatic heterocycles. The summed E-state index contributed by atoms with van der Waals surface area (Å²) in [5.74, 6) is 0.0527. The normalized spacial score (nSPS) is 10.1. The van der Waals surface area contributed by atoms with Crippen molar-refractivity contribution in [2.45, 2.75) is 0 Å². The molecule has 0 atom stereocenters. The van der Waals surface area contributed by atoms with E-state index in [-0.39, 0.29) is 24.5 Å². The second kappa shape index (κ2) is 7.96. The molecule has 0 spiro atoms. The number of carbonyl (C=O) groups is 1. The summed E-state index contributed by atoms with van der Waals surface area (Å²) in [5.41, 5.74) is 0.538. The van der Waals surface area contributed by atoms with Crippen LogP contribution in [0.15, 0.2) is 48.5 Å². The molecule has 0 aliphatic heterocycles. The monoisotopic (exact) mass is 330 g/mol. The second-order valence-corrected chi connectivity index (χ2v) is 5.15. The fourth-order valence-corrected chi connectivity index (χ4v) is 2.08. The first-order valence-corrected chi connectivity index (χ1v) is 7.30. The number of anilines is 1. The van der Waals surface area contributed by atoms with Crippen LogP contribution in [-0.4, -0.2) is 38.2 Å². The van der Waals surface area contributed by atoms with Gasteiger partial charge in [0, 0.05) is 26.2 Å². The Morgan fingerprint density at radius 1 is 1.12 bits per heavy atom. The number of non-ortho nitro benzene ring substituents is 1. The number of hydrogen-bond acceptors (Lipinski definition) is 6. The van der Waals surface area contributed by atoms with E-state index in [1.54, 1.807) is 31.1 Å². The molecule has 2 aromatic carbocycles. The van der Waals surface area contributed by atoms with Crippen molar-refractivity contribution in [1.82, 2.24) is 0 Å². The number of para-hydroxylation sites is 1. The van der Waals surface area contributed by atoms with E-state index in [1.807, 2.05) is 18.2 Å². The maximum absolute atomic E-state index is 12.2. The van der Waals surface area contributed by atoms with Gasteiger partial charge in [-0.15, -0.1) is 0 Å². The van der Waals surface area contributed by atoms with Crippen LogP contribution in [0.2, 0.25) is 0 Å². The van der Waals surface area contributed by atoms with Gasteiger partial charge in [-0.05, 0) is 18.2 Å². The van der Waals surface area contributed by atoms with Crippen molar-refractivity contribution in [1.29, 1.82) is 0 Å². The van der Waals surface area contributed by atoms with Crippen molar-refractivity contribution in [2.24, 2.45) is 0 Å². The van der Waals surface area contributed by atoms with Gasteiger partial charge in [0.25, 0.3) is 5.69 Å². The number of esters is 1. The Kier molecular flexibility index (Phi) is 5.73. The first kappa shape index (κ1) is 17.3. The first-order valence-electron chi connectivity index (χ1n) is 7.30. The summed E-state index contributed by atoms with van der Waals surface area (Å²) < 4.78 is 10.6. The Morgan fingerprint density at radius 2 is 1.83 bits per heavy atom. The predicted molar refractivity (Wildman–Crippen MR) is 89.6 cm³/mol. The second-order valence-electron chi connectivity index (χ2n) is 5.15. The zero-order valence-corrected chi connectivity index (χ0v) is 13.5. The largest absolute Gasteiger partial charge is 0.490 e. The van der Waals surface area contributed by atoms with Crippen molar-refractivity contribution in [2.75, 3.05) is 32.2 Å². The number of carbonyl (C=O) groups excluding carboxylic acids is 1. The fraction of sp³-hybridized carbons (Fsp3) is 0.235. The lowest BCUT2D eigenvalue weighted by atomic mass is 10.1. The van der Waals surface area contributed by atoms with Crippen LogP contribution in [0.25, 0.3) is 0 Å². The lowest BCUT2D eigenvalue weighted by Gasteiger charge is -2.16. The van der Waals surface area contributed by atoms with Gasteiger partial charge in [-0.2, -0.15) is 0 Å². The van der Waals surface area contributed by atoms with Gasteiger partial charge in [-0.3, -0.25) is 10.1 Å². The van der Waals surface area contributed by atoms with Crippen molar-refractivity contribution in [3.05, 3.63) is 64.2 Å². The predicted octanol–water partition coefficient (Wildman–Crippen LogP) is 2.90. The third kappa shape index (κ3) is 4.45. The number of rotatable bonds is 7. The molecule has 0 bridgehead atoms. The summed E-state index contributed by atoms with van der Waals surface area (Å²) in [6.45, 7) is 0.241. The highest BCUT2D eigenvalue weighted by Gasteiger charge is 2.19. The molecule has 2 aromatic rings. The van der Waals surface area contributed by atoms with Gasteiger partial charge in [-0.25, -0.2) is 4.79 Å². The van der Waals surface area contributed by atoms with Crippen molar-refractivity contribution < 1.29 is 19.2 Å². The van der Waals surface area contributed by atoms with E-state index in [9.17, 15) is 14.9 Å². The average Bonchev–Trinajstić information content (AvgIpc) is 2.58. The minimum Gasteiger partial charge on any atom is -0.490 e. The SMILES string of the molecule is CN(C)c1ccc([N+](=O)[O-])cc1C(=O)OCCOc1ccccc1. The molecule has 24 heavy (non-hydrogen) atoms. The van der Waals surface area contributed by atoms with E-state index < -0.39 is 10.9 Å². The summed E-state index contributed by atoms with van der Waals surface area (Å²) in [5, 5.41) is 10.9. The van der Waals surface area contributed by atoms with E-state index in [1.165, 1.54) is 18.2 Å². The molecule has 0 aliphatic rings. The van der Waals surface area contributed by atoms with Crippen molar-refractivity contribution in [3.8, 4) is 5.75 Å². The Morgan fingerprint density at radius 3 is 2.46 bits per heavy atom. The molecule has 2 rings (SSSR count). The van der Waals surface area contributed by atoms with Crippen LogP contribution in [0.1, 0.15) is 10.4 Å². The van der Waals surface area contributed by atoms with Crippen molar-refractivity contribution >= 4 is 17.3 Å². The van der Waals surface area contributed by atoms with Gasteiger partial charge in [-0.1, -0.05) is 18.2 Å². The van der Waals surface area contributed by atoms with Crippen LogP contribution < -0.4 is 9.64 Å². The minimum absolute atomic E-state index is 0.0449. The quantitative estimate of drug-likeness (QED) is 0.336. The third-order valence-corrected chi connectivity index (χ3v) is 3.22. The molecule has 7 nitrogen and oxygen atoms in total. The molecule has 126 valence electrons. The van der Waals surface area contributed by atoms with E-state index in [0.717, 1.165) is 0 Å². The van der Waals surface area contributed by atoms with Gasteiger partial charge in [0.2, 0.25) is 0 Å². The summed E-state index contributed by atoms with van der Waals surface area (Å²) in [7, 11) is 3.49. The van der Waals surface area contributed by atoms with E-state index >= 15 is 0 Å². The Hall–Kier alpha value is -3.09. The highest BCUT2D eigenvalue weighted by Crippen LogP contribution is 2.24. The smallest absolute Gasteiger partial charge is 0.340 e. The molecular weight excluding hydrogens is 312 g/mol. The highest BCUT2D eigenvalue weighted by molar-refractivity contribution is 5.96. The van der Waals surface area contributed by atoms with Gasteiger partial charge in [0.05, 0.1) is 16.2 Å². The zero-order chi connectivity index (χ0) is 17.5. The Labute approximate surface area is 139 Å². The number of nitrogens with zero attached hydrogens (tertiary/aromatic N) is 2. The van der Waals surface area contributed by atoms with Crippen LogP contribution in [-0.2, 0) is 4.74 Å². The zero-order valence-electron chi connectivity index (χ0n) is 13.5. The number of benzene rings is 2. The molecule has 0 heterocycles. The van der Waals surface area contributed by atoms with Crippen LogP contribution >= 0.6 is 0 Å². The Balaban J connectivity index is 2.00. The molecule has 0 aliphatic carbocycles. The molecule has 7 heteroatoms. The molecular formula is C17H18N2O5. The van der Waals surface area contributed by atoms with Crippen LogP contribution in [0.4, 0.5) is 11.4 Å². The van der Waals surface area contributed by atoms with Crippen LogP contribution in [0.5, 0.6) is 5.75 Å². The first-order chi connectivity index (χ1) is 11.5.